The van der Waals surface area contributed by atoms with Gasteiger partial charge in [0.05, 0.1) is 26.0 Å². The van der Waals surface area contributed by atoms with Crippen LogP contribution in [0, 0.1) is 6.92 Å². The summed E-state index contributed by atoms with van der Waals surface area (Å²) in [7, 11) is 0. The monoisotopic (exact) mass is 490 g/mol. The zero-order valence-electron chi connectivity index (χ0n) is 21.7. The Hall–Kier alpha value is -3.52. The van der Waals surface area contributed by atoms with Crippen LogP contribution in [-0.2, 0) is 4.74 Å². The second-order valence-electron chi connectivity index (χ2n) is 8.47. The molecule has 0 atom stereocenters. The van der Waals surface area contributed by atoms with Crippen LogP contribution >= 0.6 is 0 Å². The number of aromatic nitrogens is 3. The van der Waals surface area contributed by atoms with Crippen molar-refractivity contribution in [2.24, 2.45) is 5.10 Å². The molecule has 0 amide bonds. The highest BCUT2D eigenvalue weighted by atomic mass is 16.5. The number of pyridine rings is 1. The minimum absolute atomic E-state index is 0.382. The molecule has 1 N–H and O–H groups in total. The second kappa shape index (κ2) is 15.5. The molecule has 2 aliphatic rings. The SMILES string of the molecule is CCCCOc1nc(N/N=C/C2=CC=CC(CC)=CC2)cc(N2CCOCC2)n1.Cc1ccccn1. The zero-order valence-corrected chi connectivity index (χ0v) is 21.7. The summed E-state index contributed by atoms with van der Waals surface area (Å²) in [6, 6.07) is 8.15. The fourth-order valence-electron chi connectivity index (χ4n) is 3.46. The number of rotatable bonds is 9. The largest absolute Gasteiger partial charge is 0.463 e. The number of hydrogen-bond donors (Lipinski definition) is 1. The summed E-state index contributed by atoms with van der Waals surface area (Å²) in [5, 5.41) is 4.39. The minimum atomic E-state index is 0.382. The van der Waals surface area contributed by atoms with Crippen LogP contribution < -0.4 is 15.1 Å². The topological polar surface area (TPSA) is 84.8 Å². The zero-order chi connectivity index (χ0) is 25.4. The molecule has 1 saturated heterocycles. The second-order valence-corrected chi connectivity index (χ2v) is 8.47. The van der Waals surface area contributed by atoms with Crippen LogP contribution in [0.2, 0.25) is 0 Å². The van der Waals surface area contributed by atoms with E-state index in [1.165, 1.54) is 5.57 Å². The Morgan fingerprint density at radius 3 is 2.75 bits per heavy atom. The maximum atomic E-state index is 5.76. The fourth-order valence-corrected chi connectivity index (χ4v) is 3.46. The van der Waals surface area contributed by atoms with Gasteiger partial charge in [0.15, 0.2) is 5.82 Å². The smallest absolute Gasteiger partial charge is 0.320 e. The molecule has 2 aromatic rings. The standard InChI is InChI=1S/C22H31N5O2.C6H7N/c1-3-5-13-29-22-24-20(16-21(25-22)27-11-14-28-15-12-27)26-23-17-19-8-6-7-18(4-2)9-10-19;1-6-4-2-3-5-7-6/h6-9,16-17H,3-5,10-15H2,1-2H3,(H,24,25,26);2-5H,1H3/b23-17+;. The first kappa shape index (κ1) is 27.1. The van der Waals surface area contributed by atoms with E-state index in [9.17, 15) is 0 Å². The van der Waals surface area contributed by atoms with Crippen LogP contribution in [0.3, 0.4) is 0 Å². The highest BCUT2D eigenvalue weighted by Gasteiger charge is 2.15. The summed E-state index contributed by atoms with van der Waals surface area (Å²) in [5.74, 6) is 1.46. The number of unbranched alkanes of at least 4 members (excludes halogenated alkanes) is 1. The van der Waals surface area contributed by atoms with Crippen LogP contribution in [0.15, 0.2) is 71.0 Å². The first-order valence-corrected chi connectivity index (χ1v) is 12.8. The van der Waals surface area contributed by atoms with Gasteiger partial charge in [-0.15, -0.1) is 0 Å². The van der Waals surface area contributed by atoms with E-state index in [0.29, 0.717) is 31.6 Å². The van der Waals surface area contributed by atoms with Crippen molar-refractivity contribution in [1.82, 2.24) is 15.0 Å². The summed E-state index contributed by atoms with van der Waals surface area (Å²) in [4.78, 5) is 15.2. The molecule has 0 unspecified atom stereocenters. The molecule has 8 nitrogen and oxygen atoms in total. The van der Waals surface area contributed by atoms with Gasteiger partial charge >= 0.3 is 6.01 Å². The van der Waals surface area contributed by atoms with Crippen molar-refractivity contribution in [3.05, 3.63) is 71.6 Å². The molecule has 36 heavy (non-hydrogen) atoms. The van der Waals surface area contributed by atoms with Crippen LogP contribution in [-0.4, -0.2) is 54.1 Å². The lowest BCUT2D eigenvalue weighted by atomic mass is 10.1. The number of nitrogens with one attached hydrogen (secondary N) is 1. The van der Waals surface area contributed by atoms with Gasteiger partial charge in [-0.1, -0.05) is 56.2 Å². The van der Waals surface area contributed by atoms with Gasteiger partial charge in [-0.05, 0) is 43.9 Å². The Kier molecular flexibility index (Phi) is 11.6. The van der Waals surface area contributed by atoms with Crippen LogP contribution in [0.5, 0.6) is 6.01 Å². The molecule has 1 fully saturated rings. The molecule has 1 aliphatic heterocycles. The number of aryl methyl sites for hydroxylation is 1. The van der Waals surface area contributed by atoms with Crippen molar-refractivity contribution in [3.8, 4) is 6.01 Å². The molecular weight excluding hydrogens is 452 g/mol. The van der Waals surface area contributed by atoms with Crippen molar-refractivity contribution in [3.63, 3.8) is 0 Å². The molecule has 0 radical (unpaired) electrons. The number of hydrazone groups is 1. The lowest BCUT2D eigenvalue weighted by Crippen LogP contribution is -2.36. The van der Waals surface area contributed by atoms with E-state index in [-0.39, 0.29) is 0 Å². The number of morpholine rings is 1. The third-order valence-electron chi connectivity index (χ3n) is 5.61. The molecule has 1 aliphatic carbocycles. The van der Waals surface area contributed by atoms with Crippen molar-refractivity contribution >= 4 is 17.9 Å². The Morgan fingerprint density at radius 1 is 1.19 bits per heavy atom. The summed E-state index contributed by atoms with van der Waals surface area (Å²) < 4.78 is 11.2. The molecule has 0 bridgehead atoms. The van der Waals surface area contributed by atoms with Gasteiger partial charge in [0.2, 0.25) is 0 Å². The molecule has 2 aromatic heterocycles. The lowest BCUT2D eigenvalue weighted by Gasteiger charge is -2.28. The van der Waals surface area contributed by atoms with Gasteiger partial charge in [0.1, 0.15) is 5.82 Å². The minimum Gasteiger partial charge on any atom is -0.463 e. The maximum absolute atomic E-state index is 5.76. The summed E-state index contributed by atoms with van der Waals surface area (Å²) in [6.07, 6.45) is 16.1. The Morgan fingerprint density at radius 2 is 2.06 bits per heavy atom. The van der Waals surface area contributed by atoms with Crippen LogP contribution in [0.4, 0.5) is 11.6 Å². The van der Waals surface area contributed by atoms with E-state index in [0.717, 1.165) is 55.9 Å². The van der Waals surface area contributed by atoms with E-state index in [4.69, 9.17) is 9.47 Å². The molecular formula is C28H38N6O2. The quantitative estimate of drug-likeness (QED) is 0.282. The molecule has 3 heterocycles. The molecule has 0 aromatic carbocycles. The van der Waals surface area contributed by atoms with E-state index < -0.39 is 0 Å². The lowest BCUT2D eigenvalue weighted by molar-refractivity contribution is 0.122. The predicted octanol–water partition coefficient (Wildman–Crippen LogP) is 5.50. The number of ether oxygens (including phenoxy) is 2. The molecule has 192 valence electrons. The number of hydrogen-bond acceptors (Lipinski definition) is 8. The van der Waals surface area contributed by atoms with Crippen LogP contribution in [0.25, 0.3) is 0 Å². The number of nitrogens with zero attached hydrogens (tertiary/aromatic N) is 5. The molecule has 0 saturated carbocycles. The maximum Gasteiger partial charge on any atom is 0.320 e. The van der Waals surface area contributed by atoms with Gasteiger partial charge in [-0.2, -0.15) is 15.1 Å². The van der Waals surface area contributed by atoms with Gasteiger partial charge in [0.25, 0.3) is 0 Å². The fraction of sp³-hybridized carbons (Fsp3) is 0.429. The highest BCUT2D eigenvalue weighted by Crippen LogP contribution is 2.21. The molecule has 4 rings (SSSR count). The average Bonchev–Trinajstić information content (AvgIpc) is 3.15. The van der Waals surface area contributed by atoms with Crippen molar-refractivity contribution in [2.45, 2.75) is 46.5 Å². The third kappa shape index (κ3) is 9.62. The first-order valence-electron chi connectivity index (χ1n) is 12.8. The third-order valence-corrected chi connectivity index (χ3v) is 5.61. The Labute approximate surface area is 214 Å². The van der Waals surface area contributed by atoms with Gasteiger partial charge < -0.3 is 14.4 Å². The van der Waals surface area contributed by atoms with Gasteiger partial charge in [-0.3, -0.25) is 10.4 Å². The average molecular weight is 491 g/mol. The first-order chi connectivity index (χ1) is 17.7. The Bertz CT molecular complexity index is 1040. The number of allylic oxidation sites excluding steroid dienone is 6. The predicted molar refractivity (Wildman–Crippen MR) is 147 cm³/mol. The van der Waals surface area contributed by atoms with Gasteiger partial charge in [-0.25, -0.2) is 0 Å². The van der Waals surface area contributed by atoms with Crippen LogP contribution in [0.1, 0.15) is 45.2 Å². The summed E-state index contributed by atoms with van der Waals surface area (Å²) in [6.45, 7) is 9.89. The highest BCUT2D eigenvalue weighted by molar-refractivity contribution is 5.80. The number of anilines is 2. The van der Waals surface area contributed by atoms with Gasteiger partial charge in [0, 0.05) is 31.0 Å². The van der Waals surface area contributed by atoms with E-state index in [2.05, 4.69) is 68.5 Å². The molecule has 0 spiro atoms. The van der Waals surface area contributed by atoms with Crippen molar-refractivity contribution in [2.75, 3.05) is 43.2 Å². The summed E-state index contributed by atoms with van der Waals surface area (Å²) in [5.41, 5.74) is 6.60. The Balaban J connectivity index is 0.000000444. The van der Waals surface area contributed by atoms with Crippen molar-refractivity contribution in [1.29, 1.82) is 0 Å². The van der Waals surface area contributed by atoms with E-state index in [1.54, 1.807) is 6.20 Å². The van der Waals surface area contributed by atoms with Crippen molar-refractivity contribution < 1.29 is 9.47 Å². The van der Waals surface area contributed by atoms with E-state index in [1.807, 2.05) is 37.4 Å². The normalized spacial score (nSPS) is 15.5. The molecule has 8 heteroatoms. The van der Waals surface area contributed by atoms with E-state index >= 15 is 0 Å². The summed E-state index contributed by atoms with van der Waals surface area (Å²) >= 11 is 0.